The quantitative estimate of drug-likeness (QED) is 0.513. The van der Waals surface area contributed by atoms with Crippen molar-refractivity contribution in [1.82, 2.24) is 4.98 Å². The lowest BCUT2D eigenvalue weighted by atomic mass is 10.3. The molecule has 1 aromatic heterocycles. The van der Waals surface area contributed by atoms with Gasteiger partial charge in [0, 0.05) is 0 Å². The van der Waals surface area contributed by atoms with Crippen LogP contribution in [0.3, 0.4) is 0 Å². The van der Waals surface area contributed by atoms with E-state index in [9.17, 15) is 0 Å². The molecule has 0 radical (unpaired) electrons. The second-order valence-electron chi connectivity index (χ2n) is 2.50. The van der Waals surface area contributed by atoms with Crippen LogP contribution in [0.15, 0.2) is 4.42 Å². The number of nitrogens with zero attached hydrogens (tertiary/aromatic N) is 1. The molecule has 1 heterocycles. The summed E-state index contributed by atoms with van der Waals surface area (Å²) < 4.78 is 5.38. The van der Waals surface area contributed by atoms with Crippen LogP contribution in [-0.4, -0.2) is 4.98 Å². The standard InChI is InChI=1S/C8H12NO/c1-5-7(3)10-8(4)6(2)9-5/h1-4H3/q+1. The van der Waals surface area contributed by atoms with Crippen LogP contribution in [0.5, 0.6) is 0 Å². The molecule has 54 valence electrons. The lowest BCUT2D eigenvalue weighted by Crippen LogP contribution is -1.92. The Morgan fingerprint density at radius 1 is 0.900 bits per heavy atom. The fourth-order valence-corrected chi connectivity index (χ4v) is 0.786. The van der Waals surface area contributed by atoms with Crippen molar-refractivity contribution in [3.05, 3.63) is 22.9 Å². The van der Waals surface area contributed by atoms with Crippen molar-refractivity contribution >= 4 is 0 Å². The van der Waals surface area contributed by atoms with Crippen molar-refractivity contribution in [2.75, 3.05) is 0 Å². The number of hydrogen-bond acceptors (Lipinski definition) is 1. The largest absolute Gasteiger partial charge is 0.347 e. The predicted octanol–water partition coefficient (Wildman–Crippen LogP) is 2.19. The van der Waals surface area contributed by atoms with Crippen molar-refractivity contribution in [1.29, 1.82) is 0 Å². The summed E-state index contributed by atoms with van der Waals surface area (Å²) >= 11 is 0. The average Bonchev–Trinajstić information content (AvgIpc) is 1.84. The first-order chi connectivity index (χ1) is 4.61. The van der Waals surface area contributed by atoms with Crippen LogP contribution in [0.4, 0.5) is 0 Å². The molecule has 2 heteroatoms. The summed E-state index contributed by atoms with van der Waals surface area (Å²) in [5.74, 6) is 1.81. The van der Waals surface area contributed by atoms with E-state index >= 15 is 0 Å². The van der Waals surface area contributed by atoms with Crippen LogP contribution in [0, 0.1) is 27.7 Å². The smallest absolute Gasteiger partial charge is 0.239 e. The molecule has 0 spiro atoms. The van der Waals surface area contributed by atoms with Gasteiger partial charge in [-0.15, -0.1) is 0 Å². The number of rotatable bonds is 0. The Labute approximate surface area is 60.9 Å². The number of hydrogen-bond donors (Lipinski definition) is 0. The molecule has 0 atom stereocenters. The Morgan fingerprint density at radius 2 is 1.30 bits per heavy atom. The van der Waals surface area contributed by atoms with Crippen molar-refractivity contribution in [3.8, 4) is 0 Å². The van der Waals surface area contributed by atoms with Crippen LogP contribution < -0.4 is 0 Å². The molecular formula is C8H12NO+. The van der Waals surface area contributed by atoms with Gasteiger partial charge in [0.1, 0.15) is 11.4 Å². The summed E-state index contributed by atoms with van der Waals surface area (Å²) in [6.07, 6.45) is 0. The minimum absolute atomic E-state index is 0.906. The maximum Gasteiger partial charge on any atom is 0.347 e. The van der Waals surface area contributed by atoms with Crippen LogP contribution in [0.2, 0.25) is 0 Å². The molecule has 0 fully saturated rings. The van der Waals surface area contributed by atoms with Gasteiger partial charge in [0.05, 0.1) is 13.8 Å². The van der Waals surface area contributed by atoms with E-state index in [4.69, 9.17) is 4.42 Å². The van der Waals surface area contributed by atoms with Crippen LogP contribution >= 0.6 is 0 Å². The molecule has 0 saturated carbocycles. The minimum atomic E-state index is 0.906. The van der Waals surface area contributed by atoms with Crippen LogP contribution in [0.1, 0.15) is 22.9 Å². The van der Waals surface area contributed by atoms with E-state index in [2.05, 4.69) is 4.98 Å². The third-order valence-corrected chi connectivity index (χ3v) is 1.66. The molecule has 1 aromatic rings. The van der Waals surface area contributed by atoms with Crippen molar-refractivity contribution < 1.29 is 4.42 Å². The number of aryl methyl sites for hydroxylation is 4. The summed E-state index contributed by atoms with van der Waals surface area (Å²) in [6.45, 7) is 7.75. The van der Waals surface area contributed by atoms with Gasteiger partial charge >= 0.3 is 11.5 Å². The monoisotopic (exact) mass is 138 g/mol. The molecule has 0 aromatic carbocycles. The first-order valence-electron chi connectivity index (χ1n) is 3.36. The van der Waals surface area contributed by atoms with E-state index in [0.717, 1.165) is 22.9 Å². The SMILES string of the molecule is Cc1nc(C)c(C)[o+]c1C. The highest BCUT2D eigenvalue weighted by Crippen LogP contribution is 2.09. The highest BCUT2D eigenvalue weighted by molar-refractivity contribution is 5.11. The van der Waals surface area contributed by atoms with E-state index in [1.54, 1.807) is 0 Å². The average molecular weight is 138 g/mol. The van der Waals surface area contributed by atoms with Gasteiger partial charge < -0.3 is 0 Å². The fraction of sp³-hybridized carbons (Fsp3) is 0.500. The molecule has 0 N–H and O–H groups in total. The van der Waals surface area contributed by atoms with Crippen molar-refractivity contribution in [2.45, 2.75) is 27.7 Å². The number of aromatic nitrogens is 1. The summed E-state index contributed by atoms with van der Waals surface area (Å²) in [5.41, 5.74) is 1.95. The highest BCUT2D eigenvalue weighted by atomic mass is 16.3. The van der Waals surface area contributed by atoms with Gasteiger partial charge in [0.2, 0.25) is 0 Å². The zero-order valence-electron chi connectivity index (χ0n) is 6.86. The fourth-order valence-electron chi connectivity index (χ4n) is 0.786. The van der Waals surface area contributed by atoms with Gasteiger partial charge in [-0.1, -0.05) is 0 Å². The lowest BCUT2D eigenvalue weighted by Gasteiger charge is -1.90. The Balaban J connectivity index is 3.28. The van der Waals surface area contributed by atoms with Crippen LogP contribution in [-0.2, 0) is 0 Å². The zero-order valence-corrected chi connectivity index (χ0v) is 6.86. The van der Waals surface area contributed by atoms with Gasteiger partial charge in [-0.25, -0.2) is 9.40 Å². The van der Waals surface area contributed by atoms with Crippen molar-refractivity contribution in [2.24, 2.45) is 0 Å². The summed E-state index contributed by atoms with van der Waals surface area (Å²) in [4.78, 5) is 4.28. The third kappa shape index (κ3) is 1.15. The van der Waals surface area contributed by atoms with E-state index < -0.39 is 0 Å². The zero-order chi connectivity index (χ0) is 7.72. The van der Waals surface area contributed by atoms with E-state index in [0.29, 0.717) is 0 Å². The van der Waals surface area contributed by atoms with Crippen molar-refractivity contribution in [3.63, 3.8) is 0 Å². The summed E-state index contributed by atoms with van der Waals surface area (Å²) in [7, 11) is 0. The van der Waals surface area contributed by atoms with Gasteiger partial charge in [-0.2, -0.15) is 0 Å². The highest BCUT2D eigenvalue weighted by Gasteiger charge is 2.12. The van der Waals surface area contributed by atoms with Crippen LogP contribution in [0.25, 0.3) is 0 Å². The Hall–Kier alpha value is -0.920. The second-order valence-corrected chi connectivity index (χ2v) is 2.50. The molecule has 0 saturated heterocycles. The van der Waals surface area contributed by atoms with Gasteiger partial charge in [0.15, 0.2) is 0 Å². The third-order valence-electron chi connectivity index (χ3n) is 1.66. The normalized spacial score (nSPS) is 10.0. The Bertz CT molecular complexity index is 205. The molecule has 2 nitrogen and oxygen atoms in total. The van der Waals surface area contributed by atoms with E-state index in [-0.39, 0.29) is 0 Å². The molecule has 0 amide bonds. The first kappa shape index (κ1) is 7.19. The lowest BCUT2D eigenvalue weighted by molar-refractivity contribution is 0.466. The molecule has 0 aliphatic carbocycles. The molecule has 10 heavy (non-hydrogen) atoms. The summed E-state index contributed by atoms with van der Waals surface area (Å²) in [6, 6.07) is 0. The molecule has 0 aliphatic rings. The Morgan fingerprint density at radius 3 is 1.60 bits per heavy atom. The maximum atomic E-state index is 5.38. The van der Waals surface area contributed by atoms with Gasteiger partial charge in [-0.3, -0.25) is 0 Å². The Kier molecular flexibility index (Phi) is 1.70. The van der Waals surface area contributed by atoms with E-state index in [1.165, 1.54) is 0 Å². The van der Waals surface area contributed by atoms with E-state index in [1.807, 2.05) is 27.7 Å². The van der Waals surface area contributed by atoms with Gasteiger partial charge in [-0.05, 0) is 13.8 Å². The summed E-state index contributed by atoms with van der Waals surface area (Å²) in [5, 5.41) is 0. The molecule has 0 aliphatic heterocycles. The minimum Gasteiger partial charge on any atom is -0.239 e. The topological polar surface area (TPSA) is 24.2 Å². The molecule has 1 rings (SSSR count). The van der Waals surface area contributed by atoms with Gasteiger partial charge in [0.25, 0.3) is 0 Å². The molecular weight excluding hydrogens is 126 g/mol. The maximum absolute atomic E-state index is 5.38. The molecule has 0 unspecified atom stereocenters. The molecule has 0 bridgehead atoms. The first-order valence-corrected chi connectivity index (χ1v) is 3.36. The predicted molar refractivity (Wildman–Crippen MR) is 39.9 cm³/mol. The second kappa shape index (κ2) is 2.37.